The molecule has 0 saturated carbocycles. The number of hydrogen-bond donors (Lipinski definition) is 1. The van der Waals surface area contributed by atoms with Crippen molar-refractivity contribution in [1.82, 2.24) is 0 Å². The topological polar surface area (TPSA) is 6.25 Å². The summed E-state index contributed by atoms with van der Waals surface area (Å²) in [5.41, 5.74) is 8.04. The summed E-state index contributed by atoms with van der Waals surface area (Å²) in [7, 11) is 0. The Hall–Kier alpha value is -3.82. The van der Waals surface area contributed by atoms with Gasteiger partial charge >= 0.3 is 0 Å². The van der Waals surface area contributed by atoms with Crippen LogP contribution in [0.5, 0.6) is 0 Å². The van der Waals surface area contributed by atoms with Crippen molar-refractivity contribution in [3.8, 4) is 0 Å². The van der Waals surface area contributed by atoms with E-state index in [1.54, 1.807) is 0 Å². The number of nitrogens with zero attached hydrogens (tertiary/aromatic N) is 2. The van der Waals surface area contributed by atoms with Crippen LogP contribution in [0.3, 0.4) is 0 Å². The maximum absolute atomic E-state index is 4.52. The van der Waals surface area contributed by atoms with Gasteiger partial charge in [-0.25, -0.2) is 0 Å². The van der Waals surface area contributed by atoms with E-state index in [9.17, 15) is 0 Å². The van der Waals surface area contributed by atoms with E-state index >= 15 is 0 Å². The highest BCUT2D eigenvalue weighted by Gasteiger charge is 2.45. The predicted molar refractivity (Wildman–Crippen MR) is 191 cm³/mol. The van der Waals surface area contributed by atoms with Crippen LogP contribution in [0, 0.1) is 0 Å². The van der Waals surface area contributed by atoms with Gasteiger partial charge in [-0.3, -0.25) is 0 Å². The number of fused-ring (bicyclic) bond motifs is 6. The number of hydrogen-bond acceptors (Lipinski definition) is 2. The Balaban J connectivity index is 1.25. The van der Waals surface area contributed by atoms with Gasteiger partial charge in [-0.1, -0.05) is 98.8 Å². The second kappa shape index (κ2) is 11.7. The maximum Gasteiger partial charge on any atom is 0.210 e. The second-order valence-electron chi connectivity index (χ2n) is 12.7. The number of rotatable bonds is 8. The predicted octanol–water partition coefficient (Wildman–Crippen LogP) is 10.1. The van der Waals surface area contributed by atoms with Crippen LogP contribution >= 0.6 is 12.6 Å². The summed E-state index contributed by atoms with van der Waals surface area (Å²) < 4.78 is 2.51. The summed E-state index contributed by atoms with van der Waals surface area (Å²) in [6.45, 7) is 13.6. The molecule has 218 valence electrons. The molecule has 2 aliphatic rings. The first-order chi connectivity index (χ1) is 20.8. The SMILES string of the molecule is CCN1C(=CC=CC=CC=CC2=[N+](CCCS)c3ccc4ccccc4c3C2(C)C)C(C)(C)c2c1ccc1ccccc21. The minimum atomic E-state index is -0.0891. The summed E-state index contributed by atoms with van der Waals surface area (Å²) in [6.07, 6.45) is 16.4. The van der Waals surface area contributed by atoms with E-state index in [-0.39, 0.29) is 10.8 Å². The molecule has 0 bridgehead atoms. The molecule has 4 aromatic rings. The molecule has 3 heteroatoms. The zero-order valence-electron chi connectivity index (χ0n) is 26.1. The van der Waals surface area contributed by atoms with Gasteiger partial charge in [-0.05, 0) is 71.8 Å². The molecule has 2 nitrogen and oxygen atoms in total. The van der Waals surface area contributed by atoms with Crippen LogP contribution in [0.25, 0.3) is 21.5 Å². The number of benzene rings is 4. The molecule has 43 heavy (non-hydrogen) atoms. The molecular formula is C40H43N2S+. The van der Waals surface area contributed by atoms with Crippen molar-refractivity contribution in [1.29, 1.82) is 0 Å². The van der Waals surface area contributed by atoms with Crippen molar-refractivity contribution in [3.63, 3.8) is 0 Å². The van der Waals surface area contributed by atoms with E-state index in [1.807, 2.05) is 0 Å². The number of anilines is 1. The van der Waals surface area contributed by atoms with Gasteiger partial charge in [-0.2, -0.15) is 17.2 Å². The monoisotopic (exact) mass is 583 g/mol. The third kappa shape index (κ3) is 4.98. The van der Waals surface area contributed by atoms with Crippen molar-refractivity contribution in [3.05, 3.63) is 132 Å². The molecule has 0 N–H and O–H groups in total. The molecule has 0 amide bonds. The van der Waals surface area contributed by atoms with Crippen molar-refractivity contribution in [2.45, 2.75) is 51.9 Å². The minimum Gasteiger partial charge on any atom is -0.344 e. The Morgan fingerprint density at radius 1 is 0.721 bits per heavy atom. The fraction of sp³-hybridized carbons (Fsp3) is 0.275. The average Bonchev–Trinajstić information content (AvgIpc) is 3.37. The molecule has 0 aromatic heterocycles. The average molecular weight is 584 g/mol. The molecule has 0 spiro atoms. The van der Waals surface area contributed by atoms with E-state index in [0.717, 1.165) is 25.3 Å². The van der Waals surface area contributed by atoms with Gasteiger partial charge < -0.3 is 4.90 Å². The van der Waals surface area contributed by atoms with Gasteiger partial charge in [0, 0.05) is 47.5 Å². The highest BCUT2D eigenvalue weighted by molar-refractivity contribution is 7.80. The van der Waals surface area contributed by atoms with Gasteiger partial charge in [-0.15, -0.1) is 0 Å². The number of thiol groups is 1. The summed E-state index contributed by atoms with van der Waals surface area (Å²) in [5, 5.41) is 5.31. The van der Waals surface area contributed by atoms with E-state index < -0.39 is 0 Å². The van der Waals surface area contributed by atoms with Crippen LogP contribution in [0.15, 0.2) is 121 Å². The van der Waals surface area contributed by atoms with E-state index in [2.05, 4.69) is 172 Å². The van der Waals surface area contributed by atoms with Crippen LogP contribution in [0.1, 0.15) is 52.2 Å². The Bertz CT molecular complexity index is 1850. The molecular weight excluding hydrogens is 541 g/mol. The van der Waals surface area contributed by atoms with Gasteiger partial charge in [0.2, 0.25) is 5.69 Å². The largest absolute Gasteiger partial charge is 0.344 e. The number of allylic oxidation sites excluding steroid dienone is 8. The molecule has 0 saturated heterocycles. The van der Waals surface area contributed by atoms with Gasteiger partial charge in [0.15, 0.2) is 5.71 Å². The minimum absolute atomic E-state index is 0.0689. The fourth-order valence-electron chi connectivity index (χ4n) is 7.37. The first kappa shape index (κ1) is 29.3. The van der Waals surface area contributed by atoms with E-state index in [0.29, 0.717) is 0 Å². The Labute approximate surface area is 262 Å². The maximum atomic E-state index is 4.52. The third-order valence-electron chi connectivity index (χ3n) is 9.32. The van der Waals surface area contributed by atoms with Crippen LogP contribution in [0.2, 0.25) is 0 Å². The zero-order chi connectivity index (χ0) is 30.2. The lowest BCUT2D eigenvalue weighted by atomic mass is 9.79. The summed E-state index contributed by atoms with van der Waals surface area (Å²) in [6, 6.07) is 26.6. The van der Waals surface area contributed by atoms with Crippen molar-refractivity contribution in [2.24, 2.45) is 0 Å². The Morgan fingerprint density at radius 2 is 1.35 bits per heavy atom. The van der Waals surface area contributed by atoms with Crippen LogP contribution in [-0.2, 0) is 10.8 Å². The molecule has 0 radical (unpaired) electrons. The lowest BCUT2D eigenvalue weighted by Gasteiger charge is -2.26. The first-order valence-corrected chi connectivity index (χ1v) is 16.2. The highest BCUT2D eigenvalue weighted by atomic mass is 32.1. The van der Waals surface area contributed by atoms with Gasteiger partial charge in [0.1, 0.15) is 6.54 Å². The first-order valence-electron chi connectivity index (χ1n) is 15.6. The normalized spacial score (nSPS) is 18.4. The molecule has 0 unspecified atom stereocenters. The molecule has 0 fully saturated rings. The van der Waals surface area contributed by atoms with Crippen molar-refractivity contribution < 1.29 is 4.58 Å². The molecule has 6 rings (SSSR count). The van der Waals surface area contributed by atoms with Crippen molar-refractivity contribution >= 4 is 51.3 Å². The van der Waals surface area contributed by atoms with E-state index in [1.165, 1.54) is 55.5 Å². The standard InChI is InChI=1S/C40H42N2S/c1-6-41-33-25-23-29-17-12-14-19-31(29)37(33)39(2,3)35(41)21-10-8-7-9-11-22-36-40(4,5)38-32-20-15-13-18-30(32)24-26-34(38)42(36)27-16-28-43/h7-15,17-26H,6,16,27-28H2,1-5H3/p+1. The van der Waals surface area contributed by atoms with Crippen LogP contribution < -0.4 is 4.90 Å². The second-order valence-corrected chi connectivity index (χ2v) is 13.1. The van der Waals surface area contributed by atoms with E-state index in [4.69, 9.17) is 0 Å². The molecule has 0 aliphatic carbocycles. The number of likely N-dealkylation sites (N-methyl/N-ethyl adjacent to an activating group) is 1. The zero-order valence-corrected chi connectivity index (χ0v) is 27.0. The Kier molecular flexibility index (Phi) is 7.96. The third-order valence-corrected chi connectivity index (χ3v) is 9.63. The van der Waals surface area contributed by atoms with Gasteiger partial charge in [0.05, 0.1) is 5.41 Å². The molecule has 2 heterocycles. The molecule has 2 aliphatic heterocycles. The summed E-state index contributed by atoms with van der Waals surface area (Å²) in [4.78, 5) is 2.47. The smallest absolute Gasteiger partial charge is 0.210 e. The van der Waals surface area contributed by atoms with Crippen LogP contribution in [0.4, 0.5) is 11.4 Å². The van der Waals surface area contributed by atoms with Gasteiger partial charge in [0.25, 0.3) is 0 Å². The Morgan fingerprint density at radius 3 is 2.05 bits per heavy atom. The molecule has 0 atom stereocenters. The lowest BCUT2D eigenvalue weighted by molar-refractivity contribution is -0.437. The highest BCUT2D eigenvalue weighted by Crippen LogP contribution is 2.50. The quantitative estimate of drug-likeness (QED) is 0.123. The lowest BCUT2D eigenvalue weighted by Crippen LogP contribution is -2.28. The summed E-state index contributed by atoms with van der Waals surface area (Å²) >= 11 is 4.52. The van der Waals surface area contributed by atoms with Crippen LogP contribution in [-0.4, -0.2) is 29.1 Å². The molecule has 4 aromatic carbocycles. The summed E-state index contributed by atoms with van der Waals surface area (Å²) in [5.74, 6) is 0.880. The fourth-order valence-corrected chi connectivity index (χ4v) is 7.51. The van der Waals surface area contributed by atoms with Crippen molar-refractivity contribution in [2.75, 3.05) is 23.7 Å².